The summed E-state index contributed by atoms with van der Waals surface area (Å²) in [6.45, 7) is 0.326. The second kappa shape index (κ2) is 6.57. The molecule has 102 valence electrons. The molecule has 2 atom stereocenters. The van der Waals surface area contributed by atoms with Gasteiger partial charge in [0.1, 0.15) is 0 Å². The van der Waals surface area contributed by atoms with Gasteiger partial charge in [-0.25, -0.2) is 0 Å². The summed E-state index contributed by atoms with van der Waals surface area (Å²) in [4.78, 5) is 0. The quantitative estimate of drug-likeness (QED) is 0.814. The minimum Gasteiger partial charge on any atom is -0.388 e. The molecule has 0 aliphatic carbocycles. The van der Waals surface area contributed by atoms with Gasteiger partial charge in [-0.1, -0.05) is 29.3 Å². The summed E-state index contributed by atoms with van der Waals surface area (Å²) < 4.78 is 0.978. The van der Waals surface area contributed by atoms with Gasteiger partial charge in [-0.05, 0) is 50.6 Å². The normalized spacial score (nSPS) is 14.4. The van der Waals surface area contributed by atoms with Crippen molar-refractivity contribution in [1.82, 2.24) is 0 Å². The molecular formula is C13H12BrCl2NOS. The maximum atomic E-state index is 10.4. The third-order valence-electron chi connectivity index (χ3n) is 2.94. The van der Waals surface area contributed by atoms with Gasteiger partial charge in [0.05, 0.1) is 19.9 Å². The molecule has 2 nitrogen and oxygen atoms in total. The molecule has 0 fully saturated rings. The summed E-state index contributed by atoms with van der Waals surface area (Å²) in [6.07, 6.45) is -0.662. The number of hydrogen-bond donors (Lipinski definition) is 2. The number of aliphatic hydroxyl groups excluding tert-OH is 1. The highest BCUT2D eigenvalue weighted by Gasteiger charge is 2.23. The van der Waals surface area contributed by atoms with E-state index in [-0.39, 0.29) is 5.92 Å². The highest BCUT2D eigenvalue weighted by Crippen LogP contribution is 2.36. The molecule has 0 aliphatic rings. The first-order chi connectivity index (χ1) is 9.02. The number of hydrogen-bond acceptors (Lipinski definition) is 3. The summed E-state index contributed by atoms with van der Waals surface area (Å²) in [7, 11) is 0. The fourth-order valence-corrected chi connectivity index (χ4v) is 3.41. The SMILES string of the molecule is NCC(c1ccc(Cl)c(Cl)c1)C(O)c1csc(Br)c1. The highest BCUT2D eigenvalue weighted by molar-refractivity contribution is 9.11. The third-order valence-corrected chi connectivity index (χ3v) is 5.20. The Kier molecular flexibility index (Phi) is 5.29. The molecule has 1 aromatic carbocycles. The van der Waals surface area contributed by atoms with Gasteiger partial charge in [0.25, 0.3) is 0 Å². The Hall–Kier alpha value is -0.100. The lowest BCUT2D eigenvalue weighted by Crippen LogP contribution is -2.19. The standard InChI is InChI=1S/C13H12BrCl2NOS/c14-12-4-8(6-19-12)13(18)9(5-17)7-1-2-10(15)11(16)3-7/h1-4,6,9,13,18H,5,17H2. The zero-order chi connectivity index (χ0) is 14.0. The van der Waals surface area contributed by atoms with Crippen LogP contribution in [-0.4, -0.2) is 11.7 Å². The van der Waals surface area contributed by atoms with Crippen molar-refractivity contribution in [2.24, 2.45) is 5.73 Å². The van der Waals surface area contributed by atoms with Crippen molar-refractivity contribution in [3.8, 4) is 0 Å². The van der Waals surface area contributed by atoms with Gasteiger partial charge in [0.15, 0.2) is 0 Å². The summed E-state index contributed by atoms with van der Waals surface area (Å²) in [5, 5.41) is 13.3. The Labute approximate surface area is 134 Å². The van der Waals surface area contributed by atoms with Crippen LogP contribution >= 0.6 is 50.5 Å². The van der Waals surface area contributed by atoms with Crippen LogP contribution < -0.4 is 5.73 Å². The molecule has 0 saturated heterocycles. The first kappa shape index (κ1) is 15.3. The number of aliphatic hydroxyl groups is 1. The van der Waals surface area contributed by atoms with Gasteiger partial charge in [0.2, 0.25) is 0 Å². The molecule has 6 heteroatoms. The molecule has 0 saturated carbocycles. The summed E-state index contributed by atoms with van der Waals surface area (Å²) in [6, 6.07) is 7.22. The average molecular weight is 381 g/mol. The summed E-state index contributed by atoms with van der Waals surface area (Å²) in [5.74, 6) is -0.212. The first-order valence-electron chi connectivity index (χ1n) is 5.60. The van der Waals surface area contributed by atoms with E-state index < -0.39 is 6.10 Å². The van der Waals surface area contributed by atoms with E-state index in [1.54, 1.807) is 12.1 Å². The van der Waals surface area contributed by atoms with Crippen molar-refractivity contribution in [2.45, 2.75) is 12.0 Å². The zero-order valence-corrected chi connectivity index (χ0v) is 13.7. The molecule has 0 radical (unpaired) electrons. The molecule has 0 spiro atoms. The summed E-state index contributed by atoms with van der Waals surface area (Å²) in [5.41, 5.74) is 7.52. The maximum Gasteiger partial charge on any atom is 0.0879 e. The fraction of sp³-hybridized carbons (Fsp3) is 0.231. The van der Waals surface area contributed by atoms with Crippen LogP contribution in [0.2, 0.25) is 10.0 Å². The molecule has 0 amide bonds. The number of halogens is 3. The average Bonchev–Trinajstić information content (AvgIpc) is 2.81. The molecule has 19 heavy (non-hydrogen) atoms. The van der Waals surface area contributed by atoms with Crippen LogP contribution in [0.5, 0.6) is 0 Å². The highest BCUT2D eigenvalue weighted by atomic mass is 79.9. The minimum atomic E-state index is -0.662. The number of benzene rings is 1. The Morgan fingerprint density at radius 3 is 2.47 bits per heavy atom. The van der Waals surface area contributed by atoms with Crippen molar-refractivity contribution in [3.63, 3.8) is 0 Å². The van der Waals surface area contributed by atoms with Crippen LogP contribution in [0.4, 0.5) is 0 Å². The molecule has 2 aromatic rings. The largest absolute Gasteiger partial charge is 0.388 e. The van der Waals surface area contributed by atoms with Crippen LogP contribution in [0.15, 0.2) is 33.4 Å². The zero-order valence-electron chi connectivity index (χ0n) is 9.82. The molecule has 0 bridgehead atoms. The van der Waals surface area contributed by atoms with Crippen LogP contribution in [-0.2, 0) is 0 Å². The van der Waals surface area contributed by atoms with E-state index in [4.69, 9.17) is 28.9 Å². The molecule has 2 rings (SSSR count). The van der Waals surface area contributed by atoms with E-state index in [0.717, 1.165) is 14.9 Å². The molecule has 1 aromatic heterocycles. The Morgan fingerprint density at radius 2 is 1.95 bits per heavy atom. The molecular weight excluding hydrogens is 369 g/mol. The van der Waals surface area contributed by atoms with Crippen LogP contribution in [0.1, 0.15) is 23.1 Å². The van der Waals surface area contributed by atoms with Crippen molar-refractivity contribution < 1.29 is 5.11 Å². The summed E-state index contributed by atoms with van der Waals surface area (Å²) >= 11 is 16.8. The van der Waals surface area contributed by atoms with Gasteiger partial charge >= 0.3 is 0 Å². The topological polar surface area (TPSA) is 46.2 Å². The predicted molar refractivity (Wildman–Crippen MR) is 85.2 cm³/mol. The predicted octanol–water partition coefficient (Wildman–Crippen LogP) is 4.59. The molecule has 0 aliphatic heterocycles. The van der Waals surface area contributed by atoms with E-state index >= 15 is 0 Å². The van der Waals surface area contributed by atoms with Gasteiger partial charge in [-0.3, -0.25) is 0 Å². The lowest BCUT2D eigenvalue weighted by atomic mass is 9.90. The molecule has 1 heterocycles. The van der Waals surface area contributed by atoms with Crippen molar-refractivity contribution in [1.29, 1.82) is 0 Å². The molecule has 3 N–H and O–H groups in total. The Bertz CT molecular complexity index is 576. The van der Waals surface area contributed by atoms with E-state index in [0.29, 0.717) is 16.6 Å². The van der Waals surface area contributed by atoms with E-state index in [9.17, 15) is 5.11 Å². The van der Waals surface area contributed by atoms with Crippen molar-refractivity contribution in [3.05, 3.63) is 54.6 Å². The number of nitrogens with two attached hydrogens (primary N) is 1. The van der Waals surface area contributed by atoms with Gasteiger partial charge < -0.3 is 10.8 Å². The van der Waals surface area contributed by atoms with Crippen LogP contribution in [0.25, 0.3) is 0 Å². The lowest BCUT2D eigenvalue weighted by Gasteiger charge is -2.21. The van der Waals surface area contributed by atoms with Crippen molar-refractivity contribution in [2.75, 3.05) is 6.54 Å². The number of rotatable bonds is 4. The van der Waals surface area contributed by atoms with Gasteiger partial charge in [-0.15, -0.1) is 11.3 Å². The first-order valence-corrected chi connectivity index (χ1v) is 8.02. The van der Waals surface area contributed by atoms with Gasteiger partial charge in [-0.2, -0.15) is 0 Å². The maximum absolute atomic E-state index is 10.4. The van der Waals surface area contributed by atoms with E-state index in [1.165, 1.54) is 11.3 Å². The second-order valence-electron chi connectivity index (χ2n) is 4.14. The number of thiophene rings is 1. The molecule has 2 unspecified atom stereocenters. The second-order valence-corrected chi connectivity index (χ2v) is 7.25. The van der Waals surface area contributed by atoms with Crippen LogP contribution in [0, 0.1) is 0 Å². The van der Waals surface area contributed by atoms with Crippen molar-refractivity contribution >= 4 is 50.5 Å². The van der Waals surface area contributed by atoms with Crippen LogP contribution in [0.3, 0.4) is 0 Å². The smallest absolute Gasteiger partial charge is 0.0879 e. The van der Waals surface area contributed by atoms with E-state index in [2.05, 4.69) is 15.9 Å². The van der Waals surface area contributed by atoms with Gasteiger partial charge in [0, 0.05) is 12.5 Å². The lowest BCUT2D eigenvalue weighted by molar-refractivity contribution is 0.148. The fourth-order valence-electron chi connectivity index (χ4n) is 1.90. The minimum absolute atomic E-state index is 0.212. The monoisotopic (exact) mass is 379 g/mol. The Morgan fingerprint density at radius 1 is 1.21 bits per heavy atom. The van der Waals surface area contributed by atoms with E-state index in [1.807, 2.05) is 17.5 Å². The third kappa shape index (κ3) is 3.51. The Balaban J connectivity index is 2.30.